The second-order valence-corrected chi connectivity index (χ2v) is 4.17. The first-order valence-electron chi connectivity index (χ1n) is 6.24. The average Bonchev–Trinajstić information content (AvgIpc) is 2.57. The minimum atomic E-state index is -0.129. The molecule has 0 radical (unpaired) electrons. The number of nitrogens with two attached hydrogens (primary N) is 1. The van der Waals surface area contributed by atoms with E-state index in [0.717, 1.165) is 11.3 Å². The Labute approximate surface area is 107 Å². The summed E-state index contributed by atoms with van der Waals surface area (Å²) in [7, 11) is 0. The van der Waals surface area contributed by atoms with E-state index in [4.69, 9.17) is 10.5 Å². The van der Waals surface area contributed by atoms with Gasteiger partial charge in [0.15, 0.2) is 0 Å². The predicted molar refractivity (Wildman–Crippen MR) is 69.5 cm³/mol. The topological polar surface area (TPSA) is 67.6 Å². The Morgan fingerprint density at radius 1 is 1.56 bits per heavy atom. The summed E-state index contributed by atoms with van der Waals surface area (Å²) >= 11 is 0. The molecule has 5 nitrogen and oxygen atoms in total. The predicted octanol–water partition coefficient (Wildman–Crippen LogP) is 1.11. The molecule has 1 aliphatic heterocycles. The fourth-order valence-corrected chi connectivity index (χ4v) is 2.22. The van der Waals surface area contributed by atoms with Crippen LogP contribution in [0.1, 0.15) is 18.5 Å². The zero-order valence-electron chi connectivity index (χ0n) is 10.6. The largest absolute Gasteiger partial charge is 0.491 e. The number of nitrogens with one attached hydrogen (secondary N) is 1. The molecule has 2 amide bonds. The number of benzene rings is 1. The Morgan fingerprint density at radius 2 is 2.33 bits per heavy atom. The first-order chi connectivity index (χ1) is 8.77. The van der Waals surface area contributed by atoms with E-state index in [2.05, 4.69) is 5.32 Å². The number of nitrogens with zero attached hydrogens (tertiary/aromatic N) is 1. The van der Waals surface area contributed by atoms with Crippen molar-refractivity contribution in [1.82, 2.24) is 10.2 Å². The minimum Gasteiger partial charge on any atom is -0.491 e. The van der Waals surface area contributed by atoms with Crippen molar-refractivity contribution >= 4 is 6.03 Å². The lowest BCUT2D eigenvalue weighted by molar-refractivity contribution is 0.170. The summed E-state index contributed by atoms with van der Waals surface area (Å²) in [6.07, 6.45) is 0. The standard InChI is InChI=1S/C13H19N3O2/c1-2-15-13(17)16-7-8-18-12-6-4-3-5-10(12)11(16)9-14/h3-6,11H,2,7-9,14H2,1H3,(H,15,17). The van der Waals surface area contributed by atoms with Crippen LogP contribution in [0.15, 0.2) is 24.3 Å². The first-order valence-corrected chi connectivity index (χ1v) is 6.24. The molecule has 1 aliphatic rings. The summed E-state index contributed by atoms with van der Waals surface area (Å²) < 4.78 is 5.66. The van der Waals surface area contributed by atoms with Gasteiger partial charge in [-0.05, 0) is 13.0 Å². The summed E-state index contributed by atoms with van der Waals surface area (Å²) in [5, 5.41) is 2.81. The molecule has 0 bridgehead atoms. The van der Waals surface area contributed by atoms with Crippen molar-refractivity contribution in [2.24, 2.45) is 5.73 Å². The molecule has 1 atom stereocenters. The highest BCUT2D eigenvalue weighted by Crippen LogP contribution is 2.31. The molecule has 0 fully saturated rings. The van der Waals surface area contributed by atoms with Crippen LogP contribution in [-0.4, -0.2) is 37.2 Å². The van der Waals surface area contributed by atoms with Gasteiger partial charge >= 0.3 is 6.03 Å². The second-order valence-electron chi connectivity index (χ2n) is 4.17. The van der Waals surface area contributed by atoms with Crippen molar-refractivity contribution in [1.29, 1.82) is 0 Å². The molecular weight excluding hydrogens is 230 g/mol. The second kappa shape index (κ2) is 5.73. The van der Waals surface area contributed by atoms with E-state index in [1.807, 2.05) is 31.2 Å². The lowest BCUT2D eigenvalue weighted by Crippen LogP contribution is -2.45. The van der Waals surface area contributed by atoms with Gasteiger partial charge in [0.25, 0.3) is 0 Å². The Morgan fingerprint density at radius 3 is 3.06 bits per heavy atom. The minimum absolute atomic E-state index is 0.0896. The molecule has 0 aromatic heterocycles. The van der Waals surface area contributed by atoms with Gasteiger partial charge < -0.3 is 20.7 Å². The van der Waals surface area contributed by atoms with Gasteiger partial charge in [0.05, 0.1) is 12.6 Å². The highest BCUT2D eigenvalue weighted by atomic mass is 16.5. The van der Waals surface area contributed by atoms with Crippen molar-refractivity contribution in [3.8, 4) is 5.75 Å². The van der Waals surface area contributed by atoms with Crippen LogP contribution in [0.25, 0.3) is 0 Å². The van der Waals surface area contributed by atoms with Gasteiger partial charge in [0, 0.05) is 18.7 Å². The van der Waals surface area contributed by atoms with Gasteiger partial charge in [-0.15, -0.1) is 0 Å². The third-order valence-electron chi connectivity index (χ3n) is 3.06. The van der Waals surface area contributed by atoms with Crippen LogP contribution >= 0.6 is 0 Å². The maximum Gasteiger partial charge on any atom is 0.318 e. The lowest BCUT2D eigenvalue weighted by Gasteiger charge is -2.28. The Bertz CT molecular complexity index is 422. The summed E-state index contributed by atoms with van der Waals surface area (Å²) in [5.74, 6) is 0.819. The van der Waals surface area contributed by atoms with Gasteiger partial charge in [-0.25, -0.2) is 4.79 Å². The molecule has 1 aromatic carbocycles. The highest BCUT2D eigenvalue weighted by molar-refractivity contribution is 5.75. The number of amides is 2. The molecule has 0 aliphatic carbocycles. The Kier molecular flexibility index (Phi) is 4.04. The SMILES string of the molecule is CCNC(=O)N1CCOc2ccccc2C1CN. The molecule has 1 unspecified atom stereocenters. The number of carbonyl (C=O) groups excluding carboxylic acids is 1. The molecule has 0 saturated heterocycles. The molecule has 2 rings (SSSR count). The van der Waals surface area contributed by atoms with E-state index < -0.39 is 0 Å². The number of urea groups is 1. The molecular formula is C13H19N3O2. The van der Waals surface area contributed by atoms with Crippen LogP contribution in [0.5, 0.6) is 5.75 Å². The summed E-state index contributed by atoms with van der Waals surface area (Å²) in [6.45, 7) is 3.93. The molecule has 0 spiro atoms. The van der Waals surface area contributed by atoms with Crippen molar-refractivity contribution < 1.29 is 9.53 Å². The van der Waals surface area contributed by atoms with Crippen molar-refractivity contribution in [2.75, 3.05) is 26.2 Å². The van der Waals surface area contributed by atoms with E-state index in [1.165, 1.54) is 0 Å². The molecule has 18 heavy (non-hydrogen) atoms. The van der Waals surface area contributed by atoms with E-state index in [9.17, 15) is 4.79 Å². The van der Waals surface area contributed by atoms with Crippen LogP contribution in [0, 0.1) is 0 Å². The maximum atomic E-state index is 12.0. The summed E-state index contributed by atoms with van der Waals surface area (Å²) in [4.78, 5) is 13.8. The van der Waals surface area contributed by atoms with E-state index in [0.29, 0.717) is 26.2 Å². The monoisotopic (exact) mass is 249 g/mol. The molecule has 5 heteroatoms. The molecule has 0 saturated carbocycles. The van der Waals surface area contributed by atoms with Crippen LogP contribution in [0.2, 0.25) is 0 Å². The maximum absolute atomic E-state index is 12.0. The zero-order chi connectivity index (χ0) is 13.0. The van der Waals surface area contributed by atoms with Gasteiger partial charge in [-0.1, -0.05) is 18.2 Å². The van der Waals surface area contributed by atoms with E-state index in [1.54, 1.807) is 4.90 Å². The number of hydrogen-bond donors (Lipinski definition) is 2. The van der Waals surface area contributed by atoms with Crippen molar-refractivity contribution in [3.63, 3.8) is 0 Å². The fraction of sp³-hybridized carbons (Fsp3) is 0.462. The van der Waals surface area contributed by atoms with E-state index >= 15 is 0 Å². The number of para-hydroxylation sites is 1. The first kappa shape index (κ1) is 12.7. The molecule has 98 valence electrons. The quantitative estimate of drug-likeness (QED) is 0.825. The Hall–Kier alpha value is -1.75. The molecule has 3 N–H and O–H groups in total. The number of fused-ring (bicyclic) bond motifs is 1. The molecule has 1 heterocycles. The van der Waals surface area contributed by atoms with Gasteiger partial charge in [0.1, 0.15) is 12.4 Å². The lowest BCUT2D eigenvalue weighted by atomic mass is 10.0. The number of rotatable bonds is 2. The van der Waals surface area contributed by atoms with Crippen LogP contribution in [0.3, 0.4) is 0 Å². The summed E-state index contributed by atoms with van der Waals surface area (Å²) in [6, 6.07) is 7.52. The third-order valence-corrected chi connectivity index (χ3v) is 3.06. The number of ether oxygens (including phenoxy) is 1. The Balaban J connectivity index is 2.31. The van der Waals surface area contributed by atoms with Crippen molar-refractivity contribution in [2.45, 2.75) is 13.0 Å². The number of carbonyl (C=O) groups is 1. The van der Waals surface area contributed by atoms with Crippen LogP contribution in [-0.2, 0) is 0 Å². The third kappa shape index (κ3) is 2.41. The van der Waals surface area contributed by atoms with Gasteiger partial charge in [-0.3, -0.25) is 0 Å². The molecule has 1 aromatic rings. The fourth-order valence-electron chi connectivity index (χ4n) is 2.22. The van der Waals surface area contributed by atoms with E-state index in [-0.39, 0.29) is 12.1 Å². The smallest absolute Gasteiger partial charge is 0.318 e. The van der Waals surface area contributed by atoms with Crippen LogP contribution in [0.4, 0.5) is 4.79 Å². The van der Waals surface area contributed by atoms with Gasteiger partial charge in [-0.2, -0.15) is 0 Å². The highest BCUT2D eigenvalue weighted by Gasteiger charge is 2.28. The average molecular weight is 249 g/mol. The zero-order valence-corrected chi connectivity index (χ0v) is 10.6. The van der Waals surface area contributed by atoms with Crippen molar-refractivity contribution in [3.05, 3.63) is 29.8 Å². The van der Waals surface area contributed by atoms with Gasteiger partial charge in [0.2, 0.25) is 0 Å². The summed E-state index contributed by atoms with van der Waals surface area (Å²) in [5.41, 5.74) is 6.81. The normalized spacial score (nSPS) is 18.6. The van der Waals surface area contributed by atoms with Crippen LogP contribution < -0.4 is 15.8 Å². The number of hydrogen-bond acceptors (Lipinski definition) is 3.